The van der Waals surface area contributed by atoms with Crippen molar-refractivity contribution in [3.8, 4) is 0 Å². The van der Waals surface area contributed by atoms with E-state index in [2.05, 4.69) is 22.6 Å². The number of carbonyl (C=O) groups is 1. The Kier molecular flexibility index (Phi) is 5.73. The molecule has 0 bridgehead atoms. The van der Waals surface area contributed by atoms with E-state index in [4.69, 9.17) is 0 Å². The lowest BCUT2D eigenvalue weighted by Gasteiger charge is -2.29. The van der Waals surface area contributed by atoms with E-state index >= 15 is 0 Å². The minimum Gasteiger partial charge on any atom is -0.371 e. The van der Waals surface area contributed by atoms with E-state index in [0.29, 0.717) is 18.2 Å². The van der Waals surface area contributed by atoms with Crippen LogP contribution in [-0.2, 0) is 0 Å². The molecule has 0 aromatic heterocycles. The molecule has 2 saturated heterocycles. The Labute approximate surface area is 147 Å². The molecule has 1 atom stereocenters. The molecule has 2 amide bonds. The summed E-state index contributed by atoms with van der Waals surface area (Å²) in [6.45, 7) is 4.14. The van der Waals surface area contributed by atoms with Gasteiger partial charge in [-0.15, -0.1) is 0 Å². The minimum atomic E-state index is -0.827. The Morgan fingerprint density at radius 3 is 2.64 bits per heavy atom. The smallest absolute Gasteiger partial charge is 0.315 e. The molecular formula is C18H26F2N4O. The number of carbonyl (C=O) groups excluding carboxylic acids is 1. The molecule has 2 heterocycles. The van der Waals surface area contributed by atoms with Crippen molar-refractivity contribution in [3.05, 3.63) is 29.8 Å². The summed E-state index contributed by atoms with van der Waals surface area (Å²) in [7, 11) is 2.09. The van der Waals surface area contributed by atoms with Crippen LogP contribution in [0.5, 0.6) is 0 Å². The van der Waals surface area contributed by atoms with Gasteiger partial charge in [-0.05, 0) is 57.5 Å². The van der Waals surface area contributed by atoms with Crippen LogP contribution in [0.4, 0.5) is 19.3 Å². The van der Waals surface area contributed by atoms with Gasteiger partial charge in [-0.25, -0.2) is 13.6 Å². The maximum absolute atomic E-state index is 13.4. The highest BCUT2D eigenvalue weighted by Crippen LogP contribution is 2.25. The molecule has 0 radical (unpaired) electrons. The summed E-state index contributed by atoms with van der Waals surface area (Å²) in [6.07, 6.45) is 2.89. The van der Waals surface area contributed by atoms with E-state index in [1.165, 1.54) is 6.07 Å². The van der Waals surface area contributed by atoms with Gasteiger partial charge in [0, 0.05) is 37.4 Å². The maximum Gasteiger partial charge on any atom is 0.315 e. The van der Waals surface area contributed by atoms with Crippen molar-refractivity contribution in [1.29, 1.82) is 0 Å². The molecule has 0 spiro atoms. The molecule has 1 aromatic carbocycles. The standard InChI is InChI=1S/C18H26F2N4O/c1-23-7-5-14(6-8-23)22-18(25)21-11-13-4-9-24(12-13)15-2-3-16(19)17(20)10-15/h2-3,10,13-14H,4-9,11-12H2,1H3,(H2,21,22,25). The molecule has 1 aromatic rings. The predicted molar refractivity (Wildman–Crippen MR) is 93.7 cm³/mol. The summed E-state index contributed by atoms with van der Waals surface area (Å²) in [4.78, 5) is 16.3. The van der Waals surface area contributed by atoms with Gasteiger partial charge in [0.2, 0.25) is 0 Å². The lowest BCUT2D eigenvalue weighted by Crippen LogP contribution is -2.48. The van der Waals surface area contributed by atoms with Crippen LogP contribution in [0.25, 0.3) is 0 Å². The van der Waals surface area contributed by atoms with Gasteiger partial charge in [0.05, 0.1) is 0 Å². The first-order valence-corrected chi connectivity index (χ1v) is 8.94. The molecule has 1 unspecified atom stereocenters. The van der Waals surface area contributed by atoms with Crippen molar-refractivity contribution in [1.82, 2.24) is 15.5 Å². The first kappa shape index (κ1) is 17.9. The average Bonchev–Trinajstić information content (AvgIpc) is 3.07. The fourth-order valence-corrected chi connectivity index (χ4v) is 3.54. The summed E-state index contributed by atoms with van der Waals surface area (Å²) in [6, 6.07) is 4.13. The monoisotopic (exact) mass is 352 g/mol. The number of hydrogen-bond donors (Lipinski definition) is 2. The lowest BCUT2D eigenvalue weighted by molar-refractivity contribution is 0.213. The number of amides is 2. The molecule has 7 heteroatoms. The van der Waals surface area contributed by atoms with Crippen molar-refractivity contribution in [2.75, 3.05) is 44.7 Å². The molecule has 0 aliphatic carbocycles. The molecular weight excluding hydrogens is 326 g/mol. The third kappa shape index (κ3) is 4.81. The molecule has 0 saturated carbocycles. The van der Waals surface area contributed by atoms with Crippen molar-refractivity contribution in [2.24, 2.45) is 5.92 Å². The van der Waals surface area contributed by atoms with Gasteiger partial charge in [0.15, 0.2) is 11.6 Å². The quantitative estimate of drug-likeness (QED) is 0.873. The second-order valence-corrected chi connectivity index (χ2v) is 7.13. The number of halogens is 2. The Morgan fingerprint density at radius 2 is 1.92 bits per heavy atom. The van der Waals surface area contributed by atoms with Crippen LogP contribution in [0.2, 0.25) is 0 Å². The largest absolute Gasteiger partial charge is 0.371 e. The van der Waals surface area contributed by atoms with Crippen LogP contribution >= 0.6 is 0 Å². The molecule has 25 heavy (non-hydrogen) atoms. The zero-order valence-corrected chi connectivity index (χ0v) is 14.6. The molecule has 2 aliphatic rings. The third-order valence-corrected chi connectivity index (χ3v) is 5.16. The second kappa shape index (κ2) is 7.99. The van der Waals surface area contributed by atoms with E-state index in [1.54, 1.807) is 6.07 Å². The van der Waals surface area contributed by atoms with Gasteiger partial charge in [0.25, 0.3) is 0 Å². The van der Waals surface area contributed by atoms with E-state index < -0.39 is 11.6 Å². The molecule has 3 rings (SSSR count). The summed E-state index contributed by atoms with van der Waals surface area (Å²) < 4.78 is 26.4. The fourth-order valence-electron chi connectivity index (χ4n) is 3.54. The topological polar surface area (TPSA) is 47.6 Å². The molecule has 5 nitrogen and oxygen atoms in total. The Morgan fingerprint density at radius 1 is 1.16 bits per heavy atom. The summed E-state index contributed by atoms with van der Waals surface area (Å²) in [5.74, 6) is -1.33. The minimum absolute atomic E-state index is 0.110. The first-order valence-electron chi connectivity index (χ1n) is 8.94. The number of hydrogen-bond acceptors (Lipinski definition) is 3. The van der Waals surface area contributed by atoms with Crippen LogP contribution < -0.4 is 15.5 Å². The van der Waals surface area contributed by atoms with Gasteiger partial charge in [-0.1, -0.05) is 0 Å². The van der Waals surface area contributed by atoms with E-state index in [-0.39, 0.29) is 12.1 Å². The average molecular weight is 352 g/mol. The molecule has 2 fully saturated rings. The maximum atomic E-state index is 13.4. The van der Waals surface area contributed by atoms with E-state index in [0.717, 1.165) is 51.5 Å². The molecule has 138 valence electrons. The fraction of sp³-hybridized carbons (Fsp3) is 0.611. The number of anilines is 1. The highest BCUT2D eigenvalue weighted by Gasteiger charge is 2.24. The van der Waals surface area contributed by atoms with Gasteiger partial charge in [-0.2, -0.15) is 0 Å². The lowest BCUT2D eigenvalue weighted by atomic mass is 10.1. The Hall–Kier alpha value is -1.89. The van der Waals surface area contributed by atoms with Crippen molar-refractivity contribution in [2.45, 2.75) is 25.3 Å². The highest BCUT2D eigenvalue weighted by molar-refractivity contribution is 5.74. The normalized spacial score (nSPS) is 22.2. The zero-order chi connectivity index (χ0) is 17.8. The van der Waals surface area contributed by atoms with Crippen molar-refractivity contribution in [3.63, 3.8) is 0 Å². The van der Waals surface area contributed by atoms with Gasteiger partial charge in [0.1, 0.15) is 0 Å². The summed E-state index contributed by atoms with van der Waals surface area (Å²) in [5.41, 5.74) is 0.692. The first-order chi connectivity index (χ1) is 12.0. The number of urea groups is 1. The summed E-state index contributed by atoms with van der Waals surface area (Å²) >= 11 is 0. The number of nitrogens with zero attached hydrogens (tertiary/aromatic N) is 2. The van der Waals surface area contributed by atoms with Crippen LogP contribution in [0, 0.1) is 17.6 Å². The van der Waals surface area contributed by atoms with Crippen LogP contribution in [0.3, 0.4) is 0 Å². The number of likely N-dealkylation sites (tertiary alicyclic amines) is 1. The predicted octanol–water partition coefficient (Wildman–Crippen LogP) is 2.18. The van der Waals surface area contributed by atoms with E-state index in [1.807, 2.05) is 4.90 Å². The van der Waals surface area contributed by atoms with Crippen LogP contribution in [0.1, 0.15) is 19.3 Å². The van der Waals surface area contributed by atoms with Gasteiger partial charge < -0.3 is 20.4 Å². The van der Waals surface area contributed by atoms with Gasteiger partial charge >= 0.3 is 6.03 Å². The number of benzene rings is 1. The molecule has 2 N–H and O–H groups in total. The SMILES string of the molecule is CN1CCC(NC(=O)NCC2CCN(c3ccc(F)c(F)c3)C2)CC1. The Balaban J connectivity index is 1.41. The highest BCUT2D eigenvalue weighted by atomic mass is 19.2. The van der Waals surface area contributed by atoms with Gasteiger partial charge in [-0.3, -0.25) is 0 Å². The Bertz CT molecular complexity index is 605. The number of piperidine rings is 1. The third-order valence-electron chi connectivity index (χ3n) is 5.16. The summed E-state index contributed by atoms with van der Waals surface area (Å²) in [5, 5.41) is 5.99. The van der Waals surface area contributed by atoms with Crippen LogP contribution in [0.15, 0.2) is 18.2 Å². The zero-order valence-electron chi connectivity index (χ0n) is 14.6. The van der Waals surface area contributed by atoms with Crippen molar-refractivity contribution >= 4 is 11.7 Å². The van der Waals surface area contributed by atoms with Crippen molar-refractivity contribution < 1.29 is 13.6 Å². The van der Waals surface area contributed by atoms with E-state index in [9.17, 15) is 13.6 Å². The second-order valence-electron chi connectivity index (χ2n) is 7.13. The molecule has 2 aliphatic heterocycles. The number of nitrogens with one attached hydrogen (secondary N) is 2. The number of rotatable bonds is 4. The van der Waals surface area contributed by atoms with Crippen LogP contribution in [-0.4, -0.2) is 56.7 Å².